The normalized spacial score (nSPS) is 20.7. The van der Waals surface area contributed by atoms with Crippen molar-refractivity contribution in [2.24, 2.45) is 0 Å². The quantitative estimate of drug-likeness (QED) is 0.844. The highest BCUT2D eigenvalue weighted by molar-refractivity contribution is 7.89. The topological polar surface area (TPSA) is 58.2 Å². The van der Waals surface area contributed by atoms with Crippen molar-refractivity contribution in [3.63, 3.8) is 0 Å². The summed E-state index contributed by atoms with van der Waals surface area (Å²) in [7, 11) is -3.38. The minimum absolute atomic E-state index is 0.0146. The zero-order valence-corrected chi connectivity index (χ0v) is 11.0. The van der Waals surface area contributed by atoms with Crippen LogP contribution in [-0.4, -0.2) is 27.5 Å². The molecule has 1 heterocycles. The van der Waals surface area contributed by atoms with Crippen LogP contribution in [0.4, 0.5) is 0 Å². The number of aryl methyl sites for hydroxylation is 2. The minimum atomic E-state index is -3.38. The Kier molecular flexibility index (Phi) is 3.51. The Hall–Kier alpha value is -0.910. The van der Waals surface area contributed by atoms with Crippen LogP contribution in [0.3, 0.4) is 0 Å². The smallest absolute Gasteiger partial charge is 0.240 e. The van der Waals surface area contributed by atoms with Gasteiger partial charge in [-0.2, -0.15) is 0 Å². The molecule has 1 unspecified atom stereocenters. The Morgan fingerprint density at radius 1 is 1.24 bits per heavy atom. The van der Waals surface area contributed by atoms with E-state index < -0.39 is 10.0 Å². The van der Waals surface area contributed by atoms with Crippen molar-refractivity contribution in [1.29, 1.82) is 0 Å². The van der Waals surface area contributed by atoms with E-state index in [9.17, 15) is 8.42 Å². The zero-order chi connectivity index (χ0) is 12.5. The number of benzene rings is 1. The lowest BCUT2D eigenvalue weighted by Gasteiger charge is -2.13. The summed E-state index contributed by atoms with van der Waals surface area (Å²) in [6.45, 7) is 5.40. The van der Waals surface area contributed by atoms with Gasteiger partial charge in [-0.3, -0.25) is 0 Å². The van der Waals surface area contributed by atoms with Crippen LogP contribution in [-0.2, 0) is 10.0 Å². The standard InChI is InChI=1S/C12H18N2O2S/c1-9-5-10(2)7-12(6-9)17(15,16)14-11-3-4-13-8-11/h5-7,11,13-14H,3-4,8H2,1-2H3. The maximum atomic E-state index is 12.2. The highest BCUT2D eigenvalue weighted by Gasteiger charge is 2.22. The molecular weight excluding hydrogens is 236 g/mol. The summed E-state index contributed by atoms with van der Waals surface area (Å²) in [6.07, 6.45) is 0.851. The Morgan fingerprint density at radius 3 is 2.41 bits per heavy atom. The molecule has 1 aromatic rings. The summed E-state index contributed by atoms with van der Waals surface area (Å²) in [5, 5.41) is 3.14. The molecule has 1 aliphatic heterocycles. The third-order valence-corrected chi connectivity index (χ3v) is 4.39. The second kappa shape index (κ2) is 4.76. The van der Waals surface area contributed by atoms with E-state index in [4.69, 9.17) is 0 Å². The van der Waals surface area contributed by atoms with E-state index in [2.05, 4.69) is 10.0 Å². The molecule has 94 valence electrons. The number of nitrogens with one attached hydrogen (secondary N) is 2. The van der Waals surface area contributed by atoms with Crippen molar-refractivity contribution in [2.75, 3.05) is 13.1 Å². The molecule has 17 heavy (non-hydrogen) atoms. The molecule has 0 radical (unpaired) electrons. The van der Waals surface area contributed by atoms with Gasteiger partial charge in [0.05, 0.1) is 4.90 Å². The molecule has 1 aromatic carbocycles. The maximum Gasteiger partial charge on any atom is 0.240 e. The first-order valence-electron chi connectivity index (χ1n) is 5.79. The van der Waals surface area contributed by atoms with Gasteiger partial charge in [-0.15, -0.1) is 0 Å². The van der Waals surface area contributed by atoms with Gasteiger partial charge in [0.1, 0.15) is 0 Å². The van der Waals surface area contributed by atoms with Crippen LogP contribution < -0.4 is 10.0 Å². The van der Waals surface area contributed by atoms with Gasteiger partial charge < -0.3 is 5.32 Å². The first-order valence-corrected chi connectivity index (χ1v) is 7.27. The average Bonchev–Trinajstić information content (AvgIpc) is 2.68. The van der Waals surface area contributed by atoms with Gasteiger partial charge in [0.2, 0.25) is 10.0 Å². The Labute approximate surface area is 102 Å². The molecule has 5 heteroatoms. The highest BCUT2D eigenvalue weighted by Crippen LogP contribution is 2.15. The SMILES string of the molecule is Cc1cc(C)cc(S(=O)(=O)NC2CCNC2)c1. The Bertz CT molecular complexity index is 485. The number of rotatable bonds is 3. The molecule has 1 saturated heterocycles. The van der Waals surface area contributed by atoms with E-state index in [1.165, 1.54) is 0 Å². The lowest BCUT2D eigenvalue weighted by atomic mass is 10.2. The number of hydrogen-bond donors (Lipinski definition) is 2. The fraction of sp³-hybridized carbons (Fsp3) is 0.500. The first-order chi connectivity index (χ1) is 7.97. The summed E-state index contributed by atoms with van der Waals surface area (Å²) < 4.78 is 27.0. The molecule has 4 nitrogen and oxygen atoms in total. The first kappa shape index (κ1) is 12.5. The molecule has 2 N–H and O–H groups in total. The molecule has 0 saturated carbocycles. The van der Waals surface area contributed by atoms with Crippen LogP contribution in [0.25, 0.3) is 0 Å². The molecule has 0 spiro atoms. The van der Waals surface area contributed by atoms with Crippen LogP contribution in [0.5, 0.6) is 0 Å². The largest absolute Gasteiger partial charge is 0.315 e. The zero-order valence-electron chi connectivity index (χ0n) is 10.2. The number of hydrogen-bond acceptors (Lipinski definition) is 3. The van der Waals surface area contributed by atoms with Gasteiger partial charge in [-0.1, -0.05) is 6.07 Å². The summed E-state index contributed by atoms with van der Waals surface area (Å²) in [6, 6.07) is 5.40. The molecule has 1 atom stereocenters. The van der Waals surface area contributed by atoms with Crippen LogP contribution in [0.2, 0.25) is 0 Å². The molecule has 1 aliphatic rings. The van der Waals surface area contributed by atoms with Crippen LogP contribution >= 0.6 is 0 Å². The van der Waals surface area contributed by atoms with Crippen LogP contribution in [0.1, 0.15) is 17.5 Å². The molecule has 2 rings (SSSR count). The fourth-order valence-corrected chi connectivity index (χ4v) is 3.59. The molecule has 1 fully saturated rings. The lowest BCUT2D eigenvalue weighted by molar-refractivity contribution is 0.560. The van der Waals surface area contributed by atoms with Crippen LogP contribution in [0.15, 0.2) is 23.1 Å². The van der Waals surface area contributed by atoms with E-state index in [0.717, 1.165) is 24.1 Å². The maximum absolute atomic E-state index is 12.2. The van der Waals surface area contributed by atoms with Crippen molar-refractivity contribution >= 4 is 10.0 Å². The van der Waals surface area contributed by atoms with Crippen molar-refractivity contribution in [2.45, 2.75) is 31.2 Å². The predicted octanol–water partition coefficient (Wildman–Crippen LogP) is 0.944. The van der Waals surface area contributed by atoms with Gasteiger partial charge in [0.15, 0.2) is 0 Å². The summed E-state index contributed by atoms with van der Waals surface area (Å²) in [5.74, 6) is 0. The second-order valence-electron chi connectivity index (χ2n) is 4.63. The third kappa shape index (κ3) is 3.06. The molecule has 0 bridgehead atoms. The summed E-state index contributed by atoms with van der Waals surface area (Å²) >= 11 is 0. The average molecular weight is 254 g/mol. The second-order valence-corrected chi connectivity index (χ2v) is 6.35. The monoisotopic (exact) mass is 254 g/mol. The van der Waals surface area contributed by atoms with E-state index in [1.54, 1.807) is 12.1 Å². The van der Waals surface area contributed by atoms with Gasteiger partial charge in [0, 0.05) is 12.6 Å². The van der Waals surface area contributed by atoms with Gasteiger partial charge in [0.25, 0.3) is 0 Å². The van der Waals surface area contributed by atoms with Gasteiger partial charge in [-0.25, -0.2) is 13.1 Å². The molecule has 0 aliphatic carbocycles. The van der Waals surface area contributed by atoms with E-state index in [1.807, 2.05) is 19.9 Å². The van der Waals surface area contributed by atoms with E-state index in [-0.39, 0.29) is 6.04 Å². The van der Waals surface area contributed by atoms with Crippen molar-refractivity contribution in [1.82, 2.24) is 10.0 Å². The summed E-state index contributed by atoms with van der Waals surface area (Å²) in [5.41, 5.74) is 1.94. The Morgan fingerprint density at radius 2 is 1.88 bits per heavy atom. The fourth-order valence-electron chi connectivity index (χ4n) is 2.13. The summed E-state index contributed by atoms with van der Waals surface area (Å²) in [4.78, 5) is 0.363. The van der Waals surface area contributed by atoms with Gasteiger partial charge >= 0.3 is 0 Å². The Balaban J connectivity index is 2.24. The molecule has 0 amide bonds. The van der Waals surface area contributed by atoms with E-state index >= 15 is 0 Å². The van der Waals surface area contributed by atoms with Gasteiger partial charge in [-0.05, 0) is 50.1 Å². The third-order valence-electron chi connectivity index (χ3n) is 2.89. The van der Waals surface area contributed by atoms with Crippen LogP contribution in [0, 0.1) is 13.8 Å². The minimum Gasteiger partial charge on any atom is -0.315 e. The van der Waals surface area contributed by atoms with E-state index in [0.29, 0.717) is 11.4 Å². The van der Waals surface area contributed by atoms with Crippen molar-refractivity contribution < 1.29 is 8.42 Å². The molecular formula is C12H18N2O2S. The van der Waals surface area contributed by atoms with Crippen molar-refractivity contribution in [3.8, 4) is 0 Å². The molecule has 0 aromatic heterocycles. The highest BCUT2D eigenvalue weighted by atomic mass is 32.2. The van der Waals surface area contributed by atoms with Crippen molar-refractivity contribution in [3.05, 3.63) is 29.3 Å². The predicted molar refractivity (Wildman–Crippen MR) is 67.5 cm³/mol. The lowest BCUT2D eigenvalue weighted by Crippen LogP contribution is -2.36. The number of sulfonamides is 1.